The van der Waals surface area contributed by atoms with Gasteiger partial charge in [-0.15, -0.1) is 0 Å². The van der Waals surface area contributed by atoms with Gasteiger partial charge in [0.05, 0.1) is 26.1 Å². The molecule has 1 aliphatic heterocycles. The molecule has 56 heavy (non-hydrogen) atoms. The molecule has 1 rings (SSSR count). The van der Waals surface area contributed by atoms with Crippen LogP contribution in [0.3, 0.4) is 0 Å². The van der Waals surface area contributed by atoms with Crippen molar-refractivity contribution in [3.8, 4) is 0 Å². The molecular weight excluding hydrogens is 933 g/mol. The van der Waals surface area contributed by atoms with Gasteiger partial charge in [-0.05, 0) is 45.1 Å². The normalized spacial score (nSPS) is 14.4. The number of nitrogens with zero attached hydrogens (tertiary/aromatic N) is 1. The molecule has 0 saturated carbocycles. The number of unbranched alkanes of at least 4 members (excludes halogenated alkanes) is 15. The molecule has 0 bridgehead atoms. The third kappa shape index (κ3) is 45.6. The first-order valence-corrected chi connectivity index (χ1v) is 22.6. The van der Waals surface area contributed by atoms with Gasteiger partial charge in [-0.3, -0.25) is 14.4 Å². The van der Waals surface area contributed by atoms with E-state index in [9.17, 15) is 19.2 Å². The number of likely N-dealkylation sites (tertiary alicyclic amines) is 1. The quantitative estimate of drug-likeness (QED) is 0.0303. The van der Waals surface area contributed by atoms with Crippen LogP contribution in [0.5, 0.6) is 0 Å². The maximum atomic E-state index is 12.6. The van der Waals surface area contributed by atoms with E-state index in [0.717, 1.165) is 64.4 Å². The van der Waals surface area contributed by atoms with Crippen molar-refractivity contribution in [1.29, 1.82) is 0 Å². The van der Waals surface area contributed by atoms with Gasteiger partial charge in [-0.25, -0.2) is 0 Å². The molecule has 3 atom stereocenters. The van der Waals surface area contributed by atoms with Crippen molar-refractivity contribution in [3.05, 3.63) is 6.92 Å². The summed E-state index contributed by atoms with van der Waals surface area (Å²) in [5.74, 6) is -1.69. The molecule has 10 heteroatoms. The molecule has 0 radical (unpaired) electrons. The van der Waals surface area contributed by atoms with Crippen molar-refractivity contribution in [2.24, 2.45) is 5.92 Å². The average Bonchev–Trinajstić information content (AvgIpc) is 3.56. The van der Waals surface area contributed by atoms with Gasteiger partial charge in [0.15, 0.2) is 0 Å². The molecule has 0 aromatic heterocycles. The minimum atomic E-state index is -0.510. The van der Waals surface area contributed by atoms with Crippen LogP contribution >= 0.6 is 0 Å². The summed E-state index contributed by atoms with van der Waals surface area (Å²) in [5, 5.41) is 0. The Morgan fingerprint density at radius 2 is 1.07 bits per heavy atom. The zero-order valence-electron chi connectivity index (χ0n) is 38.5. The first kappa shape index (κ1) is 64.0. The molecule has 1 saturated heterocycles. The second-order valence-corrected chi connectivity index (χ2v) is 14.0. The Kier molecular flexibility index (Phi) is 61.6. The summed E-state index contributed by atoms with van der Waals surface area (Å²) in [6.45, 7) is 23.4. The summed E-state index contributed by atoms with van der Waals surface area (Å²) in [6, 6.07) is -0.0984. The van der Waals surface area contributed by atoms with Crippen LogP contribution in [0.2, 0.25) is 0 Å². The van der Waals surface area contributed by atoms with E-state index in [1.165, 1.54) is 77.0 Å². The van der Waals surface area contributed by atoms with Gasteiger partial charge in [0.25, 0.3) is 0 Å². The van der Waals surface area contributed by atoms with Gasteiger partial charge >= 0.3 is 49.0 Å². The minimum absolute atomic E-state index is 0. The summed E-state index contributed by atoms with van der Waals surface area (Å²) < 4.78 is 21.2. The Balaban J connectivity index is -0.000000405. The molecule has 1 fully saturated rings. The minimum Gasteiger partial charge on any atom is -0.520 e. The fourth-order valence-electron chi connectivity index (χ4n) is 5.80. The summed E-state index contributed by atoms with van der Waals surface area (Å²) in [5.41, 5.74) is 0. The number of methoxy groups -OCH3 is 1. The third-order valence-electron chi connectivity index (χ3n) is 8.92. The third-order valence-corrected chi connectivity index (χ3v) is 8.92. The van der Waals surface area contributed by atoms with Crippen LogP contribution in [0.1, 0.15) is 216 Å². The first-order chi connectivity index (χ1) is 26.7. The van der Waals surface area contributed by atoms with E-state index in [1.807, 2.05) is 48.0 Å². The second-order valence-electron chi connectivity index (χ2n) is 14.0. The SMILES string of the molecule is CC.CC.CCCCCCCCOC.CCCCCCCCOC(=O)CC(COC(=O)CCCCCCCC)CC(=O)OCC1CCC(C)N1[C-]=O.[CH2-]CC.[U+2]. The van der Waals surface area contributed by atoms with Crippen LogP contribution in [0.25, 0.3) is 0 Å². The van der Waals surface area contributed by atoms with E-state index in [2.05, 4.69) is 27.7 Å². The van der Waals surface area contributed by atoms with Gasteiger partial charge in [-0.1, -0.05) is 152 Å². The van der Waals surface area contributed by atoms with E-state index in [1.54, 1.807) is 12.0 Å². The molecule has 1 aliphatic rings. The Labute approximate surface area is 371 Å². The van der Waals surface area contributed by atoms with Crippen LogP contribution < -0.4 is 0 Å². The molecule has 0 aromatic rings. The number of amides is 1. The Bertz CT molecular complexity index is 808. The Morgan fingerprint density at radius 1 is 0.643 bits per heavy atom. The Hall–Kier alpha value is -1.11. The molecule has 0 N–H and O–H groups in total. The van der Waals surface area contributed by atoms with E-state index in [4.69, 9.17) is 18.9 Å². The van der Waals surface area contributed by atoms with E-state index in [0.29, 0.717) is 13.0 Å². The molecule has 9 nitrogen and oxygen atoms in total. The average molecular weight is 1020 g/mol. The molecule has 332 valence electrons. The Morgan fingerprint density at radius 3 is 1.54 bits per heavy atom. The smallest absolute Gasteiger partial charge is 0.520 e. The van der Waals surface area contributed by atoms with Crippen molar-refractivity contribution in [2.75, 3.05) is 33.5 Å². The zero-order chi connectivity index (χ0) is 42.4. The summed E-state index contributed by atoms with van der Waals surface area (Å²) in [4.78, 5) is 50.0. The van der Waals surface area contributed by atoms with Crippen molar-refractivity contribution in [2.45, 2.75) is 228 Å². The van der Waals surface area contributed by atoms with Crippen LogP contribution in [0.15, 0.2) is 0 Å². The maximum Gasteiger partial charge on any atom is 2.00 e. The van der Waals surface area contributed by atoms with Crippen LogP contribution in [-0.2, 0) is 38.1 Å². The number of hydrogen-bond acceptors (Lipinski definition) is 8. The molecule has 1 heterocycles. The number of carbonyl (C=O) groups excluding carboxylic acids is 4. The maximum absolute atomic E-state index is 12.6. The fraction of sp³-hybridized carbons (Fsp3) is 0.891. The van der Waals surface area contributed by atoms with Crippen LogP contribution in [0, 0.1) is 44.0 Å². The molecule has 0 spiro atoms. The standard InChI is InChI=1S/C30H52NO7.C9H20O.C3H7.2C2H6.U/c1-4-6-8-10-12-14-16-28(33)37-22-26(20-29(34)36-19-15-13-11-9-7-5-2)21-30(35)38-23-27-18-17-25(3)31(27)24-32;1-3-4-5-6-7-8-9-10-2;1-3-2;2*1-2;/h25-27H,4-23H2,1-3H3;3-9H2,1-2H3;1,3H2,2H3;2*1-2H3;/q-1;;-1;;;+2. The van der Waals surface area contributed by atoms with E-state index < -0.39 is 17.9 Å². The summed E-state index contributed by atoms with van der Waals surface area (Å²) in [6.07, 6.45) is 25.9. The molecular formula is C46H91NO8U. The number of esters is 3. The number of rotatable bonds is 30. The predicted octanol–water partition coefficient (Wildman–Crippen LogP) is 12.3. The molecule has 1 amide bonds. The number of ether oxygens (including phenoxy) is 4. The first-order valence-electron chi connectivity index (χ1n) is 22.6. The van der Waals surface area contributed by atoms with Crippen LogP contribution in [-0.4, -0.2) is 74.8 Å². The van der Waals surface area contributed by atoms with E-state index in [-0.39, 0.29) is 75.2 Å². The number of carbonyl (C=O) groups is 3. The summed E-state index contributed by atoms with van der Waals surface area (Å²) in [7, 11) is 1.77. The second kappa shape index (κ2) is 53.9. The molecule has 0 aliphatic carbocycles. The van der Waals surface area contributed by atoms with Gasteiger partial charge in [0.2, 0.25) is 0 Å². The van der Waals surface area contributed by atoms with Gasteiger partial charge in [-0.2, -0.15) is 12.8 Å². The summed E-state index contributed by atoms with van der Waals surface area (Å²) >= 11 is 0. The largest absolute Gasteiger partial charge is 2.00 e. The van der Waals surface area contributed by atoms with Crippen molar-refractivity contribution in [3.63, 3.8) is 0 Å². The van der Waals surface area contributed by atoms with Gasteiger partial charge < -0.3 is 35.6 Å². The zero-order valence-corrected chi connectivity index (χ0v) is 42.6. The van der Waals surface area contributed by atoms with Gasteiger partial charge in [0.1, 0.15) is 6.61 Å². The van der Waals surface area contributed by atoms with Crippen molar-refractivity contribution >= 4 is 24.3 Å². The van der Waals surface area contributed by atoms with Crippen molar-refractivity contribution in [1.82, 2.24) is 4.90 Å². The monoisotopic (exact) mass is 1020 g/mol. The fourth-order valence-corrected chi connectivity index (χ4v) is 5.80. The van der Waals surface area contributed by atoms with Crippen molar-refractivity contribution < 1.29 is 69.2 Å². The molecule has 3 unspecified atom stereocenters. The van der Waals surface area contributed by atoms with Crippen LogP contribution in [0.4, 0.5) is 0 Å². The predicted molar refractivity (Wildman–Crippen MR) is 231 cm³/mol. The molecule has 0 aromatic carbocycles. The van der Waals surface area contributed by atoms with E-state index >= 15 is 0 Å². The number of hydrogen-bond donors (Lipinski definition) is 0. The topological polar surface area (TPSA) is 108 Å². The van der Waals surface area contributed by atoms with Gasteiger partial charge in [0, 0.05) is 32.1 Å².